The van der Waals surface area contributed by atoms with Crippen LogP contribution in [-0.4, -0.2) is 66.0 Å². The third-order valence-electron chi connectivity index (χ3n) is 5.81. The summed E-state index contributed by atoms with van der Waals surface area (Å²) in [5.74, 6) is -0.154. The van der Waals surface area contributed by atoms with Crippen molar-refractivity contribution in [1.29, 1.82) is 0 Å². The molecule has 2 unspecified atom stereocenters. The first kappa shape index (κ1) is 24.6. The van der Waals surface area contributed by atoms with Gasteiger partial charge in [-0.25, -0.2) is 9.78 Å². The fourth-order valence-electron chi connectivity index (χ4n) is 3.91. The van der Waals surface area contributed by atoms with Crippen molar-refractivity contribution in [3.05, 3.63) is 17.3 Å². The van der Waals surface area contributed by atoms with Gasteiger partial charge in [-0.2, -0.15) is 13.2 Å². The summed E-state index contributed by atoms with van der Waals surface area (Å²) in [4.78, 5) is 15.9. The van der Waals surface area contributed by atoms with E-state index >= 15 is 0 Å². The third kappa shape index (κ3) is 7.55. The highest BCUT2D eigenvalue weighted by atomic mass is 19.4. The number of likely N-dealkylation sites (tertiary alicyclic amines) is 1. The SMILES string of the molecule is COC1CCCC1NCC1CCN(Cc2nc(C)c(C)o2)CC1.O=C(O)C(F)(F)F. The molecule has 3 rings (SSSR count). The van der Waals surface area contributed by atoms with E-state index in [2.05, 4.69) is 15.2 Å². The molecule has 7 nitrogen and oxygen atoms in total. The maximum absolute atomic E-state index is 10.6. The molecule has 1 aromatic heterocycles. The fraction of sp³-hybridized carbons (Fsp3) is 0.800. The van der Waals surface area contributed by atoms with Gasteiger partial charge in [-0.3, -0.25) is 4.90 Å². The number of nitrogens with one attached hydrogen (secondary N) is 1. The molecule has 0 spiro atoms. The van der Waals surface area contributed by atoms with Crippen molar-refractivity contribution in [1.82, 2.24) is 15.2 Å². The van der Waals surface area contributed by atoms with Gasteiger partial charge in [-0.15, -0.1) is 0 Å². The van der Waals surface area contributed by atoms with Crippen LogP contribution in [0.1, 0.15) is 49.4 Å². The molecule has 2 aliphatic rings. The summed E-state index contributed by atoms with van der Waals surface area (Å²) in [6.45, 7) is 8.27. The monoisotopic (exact) mass is 435 g/mol. The van der Waals surface area contributed by atoms with Crippen LogP contribution in [0.3, 0.4) is 0 Å². The van der Waals surface area contributed by atoms with E-state index in [9.17, 15) is 13.2 Å². The van der Waals surface area contributed by atoms with Gasteiger partial charge >= 0.3 is 12.1 Å². The molecule has 2 heterocycles. The summed E-state index contributed by atoms with van der Waals surface area (Å²) in [7, 11) is 1.84. The lowest BCUT2D eigenvalue weighted by atomic mass is 9.96. The molecule has 1 saturated carbocycles. The van der Waals surface area contributed by atoms with Crippen molar-refractivity contribution in [2.45, 2.75) is 70.8 Å². The molecule has 0 amide bonds. The molecule has 30 heavy (non-hydrogen) atoms. The van der Waals surface area contributed by atoms with Crippen LogP contribution >= 0.6 is 0 Å². The van der Waals surface area contributed by atoms with E-state index < -0.39 is 12.1 Å². The predicted octanol–water partition coefficient (Wildman–Crippen LogP) is 3.29. The standard InChI is InChI=1S/C18H31N3O2.C2HF3O2/c1-13-14(2)23-18(20-13)12-21-9-7-15(8-10-21)11-19-16-5-4-6-17(16)22-3;3-2(4,5)1(6)7/h15-17,19H,4-12H2,1-3H3;(H,6,7). The highest BCUT2D eigenvalue weighted by Crippen LogP contribution is 2.23. The predicted molar refractivity (Wildman–Crippen MR) is 104 cm³/mol. The number of hydrogen-bond donors (Lipinski definition) is 2. The van der Waals surface area contributed by atoms with Crippen LogP contribution < -0.4 is 5.32 Å². The Bertz CT molecular complexity index is 653. The van der Waals surface area contributed by atoms with E-state index in [1.807, 2.05) is 21.0 Å². The number of aliphatic carboxylic acids is 1. The summed E-state index contributed by atoms with van der Waals surface area (Å²) >= 11 is 0. The van der Waals surface area contributed by atoms with Crippen molar-refractivity contribution in [3.63, 3.8) is 0 Å². The number of aryl methyl sites for hydroxylation is 2. The van der Waals surface area contributed by atoms with Gasteiger partial charge in [0.2, 0.25) is 5.89 Å². The van der Waals surface area contributed by atoms with E-state index in [-0.39, 0.29) is 0 Å². The number of alkyl halides is 3. The van der Waals surface area contributed by atoms with Crippen molar-refractivity contribution >= 4 is 5.97 Å². The number of carboxylic acids is 1. The van der Waals surface area contributed by atoms with Gasteiger partial charge in [-0.1, -0.05) is 0 Å². The van der Waals surface area contributed by atoms with Crippen LogP contribution in [-0.2, 0) is 16.1 Å². The van der Waals surface area contributed by atoms with E-state index in [0.717, 1.165) is 49.4 Å². The second kappa shape index (κ2) is 11.1. The highest BCUT2D eigenvalue weighted by molar-refractivity contribution is 5.73. The Morgan fingerprint density at radius 3 is 2.40 bits per heavy atom. The van der Waals surface area contributed by atoms with Crippen molar-refractivity contribution < 1.29 is 32.2 Å². The normalized spacial score (nSPS) is 23.3. The van der Waals surface area contributed by atoms with Gasteiger partial charge in [0.25, 0.3) is 0 Å². The molecule has 1 aliphatic heterocycles. The summed E-state index contributed by atoms with van der Waals surface area (Å²) in [5.41, 5.74) is 1.02. The molecule has 1 saturated heterocycles. The maximum Gasteiger partial charge on any atom is 0.490 e. The summed E-state index contributed by atoms with van der Waals surface area (Å²) in [6, 6.07) is 0.566. The van der Waals surface area contributed by atoms with Crippen molar-refractivity contribution in [3.8, 4) is 0 Å². The molecule has 172 valence electrons. The summed E-state index contributed by atoms with van der Waals surface area (Å²) in [5, 5.41) is 10.9. The first-order valence-electron chi connectivity index (χ1n) is 10.3. The summed E-state index contributed by atoms with van der Waals surface area (Å²) < 4.78 is 43.0. The van der Waals surface area contributed by atoms with Gasteiger partial charge in [0.15, 0.2) is 0 Å². The van der Waals surface area contributed by atoms with Crippen LogP contribution in [0.2, 0.25) is 0 Å². The molecule has 1 aromatic rings. The second-order valence-electron chi connectivity index (χ2n) is 7.99. The molecular formula is C20H32F3N3O4. The van der Waals surface area contributed by atoms with E-state index in [1.165, 1.54) is 32.1 Å². The largest absolute Gasteiger partial charge is 0.490 e. The first-order valence-corrected chi connectivity index (χ1v) is 10.3. The highest BCUT2D eigenvalue weighted by Gasteiger charge is 2.38. The minimum absolute atomic E-state index is 0.423. The smallest absolute Gasteiger partial charge is 0.475 e. The number of methoxy groups -OCH3 is 1. The maximum atomic E-state index is 10.6. The van der Waals surface area contributed by atoms with Gasteiger partial charge in [0, 0.05) is 13.2 Å². The Morgan fingerprint density at radius 2 is 1.90 bits per heavy atom. The zero-order chi connectivity index (χ0) is 22.3. The van der Waals surface area contributed by atoms with E-state index in [4.69, 9.17) is 19.1 Å². The minimum Gasteiger partial charge on any atom is -0.475 e. The molecule has 0 bridgehead atoms. The number of aromatic nitrogens is 1. The quantitative estimate of drug-likeness (QED) is 0.709. The molecule has 0 radical (unpaired) electrons. The molecule has 2 fully saturated rings. The molecule has 2 N–H and O–H groups in total. The van der Waals surface area contributed by atoms with Crippen LogP contribution in [0.5, 0.6) is 0 Å². The average Bonchev–Trinajstić information content (AvgIpc) is 3.26. The average molecular weight is 435 g/mol. The number of oxazole rings is 1. The van der Waals surface area contributed by atoms with Crippen molar-refractivity contribution in [2.75, 3.05) is 26.7 Å². The fourth-order valence-corrected chi connectivity index (χ4v) is 3.91. The number of nitrogens with zero attached hydrogens (tertiary/aromatic N) is 2. The number of carboxylic acid groups (broad SMARTS) is 1. The first-order chi connectivity index (χ1) is 14.1. The number of piperidine rings is 1. The minimum atomic E-state index is -5.08. The Labute approximate surface area is 175 Å². The van der Waals surface area contributed by atoms with Crippen molar-refractivity contribution in [2.24, 2.45) is 5.92 Å². The third-order valence-corrected chi connectivity index (χ3v) is 5.81. The van der Waals surface area contributed by atoms with Crippen LogP contribution in [0.4, 0.5) is 13.2 Å². The summed E-state index contributed by atoms with van der Waals surface area (Å²) in [6.07, 6.45) is 1.63. The van der Waals surface area contributed by atoms with E-state index in [1.54, 1.807) is 0 Å². The Kier molecular flexibility index (Phi) is 9.11. The lowest BCUT2D eigenvalue weighted by Gasteiger charge is -2.32. The molecule has 2 atom stereocenters. The lowest BCUT2D eigenvalue weighted by molar-refractivity contribution is -0.192. The molecule has 1 aliphatic carbocycles. The van der Waals surface area contributed by atoms with Crippen LogP contribution in [0.15, 0.2) is 4.42 Å². The number of ether oxygens (including phenoxy) is 1. The molecule has 0 aromatic carbocycles. The molecule has 10 heteroatoms. The zero-order valence-corrected chi connectivity index (χ0v) is 17.8. The zero-order valence-electron chi connectivity index (χ0n) is 17.8. The van der Waals surface area contributed by atoms with E-state index in [0.29, 0.717) is 12.1 Å². The molecular weight excluding hydrogens is 403 g/mol. The lowest BCUT2D eigenvalue weighted by Crippen LogP contribution is -2.42. The van der Waals surface area contributed by atoms with Gasteiger partial charge < -0.3 is 19.6 Å². The number of rotatable bonds is 6. The van der Waals surface area contributed by atoms with Gasteiger partial charge in [0.1, 0.15) is 5.76 Å². The Balaban J connectivity index is 0.000000396. The van der Waals surface area contributed by atoms with Crippen LogP contribution in [0.25, 0.3) is 0 Å². The Morgan fingerprint density at radius 1 is 1.27 bits per heavy atom. The number of hydrogen-bond acceptors (Lipinski definition) is 6. The van der Waals surface area contributed by atoms with Gasteiger partial charge in [0.05, 0.1) is 18.3 Å². The number of halogens is 3. The topological polar surface area (TPSA) is 87.8 Å². The second-order valence-corrected chi connectivity index (χ2v) is 7.99. The van der Waals surface area contributed by atoms with Gasteiger partial charge in [-0.05, 0) is 71.5 Å². The Hall–Kier alpha value is -1.65. The van der Waals surface area contributed by atoms with Crippen LogP contribution in [0, 0.1) is 19.8 Å². The number of carbonyl (C=O) groups is 1.